The Balaban J connectivity index is 2.79. The van der Waals surface area contributed by atoms with Crippen LogP contribution in [0.4, 0.5) is 0 Å². The minimum absolute atomic E-state index is 0.0845. The second kappa shape index (κ2) is 10.4. The third-order valence-electron chi connectivity index (χ3n) is 3.35. The molecule has 0 aliphatic rings. The van der Waals surface area contributed by atoms with Crippen molar-refractivity contribution in [2.24, 2.45) is 5.73 Å². The van der Waals surface area contributed by atoms with Crippen LogP contribution in [0.2, 0.25) is 0 Å². The van der Waals surface area contributed by atoms with E-state index in [4.69, 9.17) is 19.9 Å². The Hall–Kier alpha value is -2.12. The van der Waals surface area contributed by atoms with Crippen LogP contribution in [0.5, 0.6) is 5.75 Å². The molecule has 7 nitrogen and oxygen atoms in total. The first-order valence-electron chi connectivity index (χ1n) is 9.49. The van der Waals surface area contributed by atoms with E-state index in [0.29, 0.717) is 25.3 Å². The van der Waals surface area contributed by atoms with Gasteiger partial charge < -0.3 is 19.9 Å². The zero-order valence-corrected chi connectivity index (χ0v) is 17.8. The summed E-state index contributed by atoms with van der Waals surface area (Å²) < 4.78 is 16.2. The maximum absolute atomic E-state index is 12.6. The minimum atomic E-state index is -0.678. The Bertz CT molecular complexity index is 630. The molecule has 1 aromatic rings. The lowest BCUT2D eigenvalue weighted by Gasteiger charge is -2.25. The van der Waals surface area contributed by atoms with Gasteiger partial charge in [-0.05, 0) is 65.7 Å². The Labute approximate surface area is 167 Å². The lowest BCUT2D eigenvalue weighted by molar-refractivity contribution is -0.158. The van der Waals surface area contributed by atoms with Gasteiger partial charge >= 0.3 is 11.9 Å². The molecule has 158 valence electrons. The minimum Gasteiger partial charge on any atom is -0.492 e. The van der Waals surface area contributed by atoms with Crippen LogP contribution in [-0.2, 0) is 25.5 Å². The van der Waals surface area contributed by atoms with E-state index in [9.17, 15) is 9.59 Å². The van der Waals surface area contributed by atoms with Crippen LogP contribution < -0.4 is 15.8 Å². The average Bonchev–Trinajstić information content (AvgIpc) is 2.54. The van der Waals surface area contributed by atoms with Crippen LogP contribution in [-0.4, -0.2) is 48.9 Å². The van der Waals surface area contributed by atoms with E-state index in [2.05, 4.69) is 5.32 Å². The lowest BCUT2D eigenvalue weighted by atomic mass is 10.1. The Morgan fingerprint density at radius 2 is 1.57 bits per heavy atom. The van der Waals surface area contributed by atoms with Crippen molar-refractivity contribution in [1.82, 2.24) is 5.32 Å². The standard InChI is InChI=1S/C21H34N2O5/c1-20(2,3)27-18(24)14-23-17(19(25)28-21(4,5)6)13-15-7-9-16(10-8-15)26-12-11-22/h7-10,17,23H,11-14,22H2,1-6H3. The highest BCUT2D eigenvalue weighted by Crippen LogP contribution is 2.15. The quantitative estimate of drug-likeness (QED) is 0.619. The largest absolute Gasteiger partial charge is 0.492 e. The van der Waals surface area contributed by atoms with Gasteiger partial charge in [-0.3, -0.25) is 14.9 Å². The summed E-state index contributed by atoms with van der Waals surface area (Å²) in [6.07, 6.45) is 0.370. The SMILES string of the molecule is CC(C)(C)OC(=O)CNC(Cc1ccc(OCCN)cc1)C(=O)OC(C)(C)C. The second-order valence-corrected chi connectivity index (χ2v) is 8.54. The van der Waals surface area contributed by atoms with Crippen molar-refractivity contribution < 1.29 is 23.8 Å². The maximum Gasteiger partial charge on any atom is 0.324 e. The molecule has 0 aliphatic carbocycles. The molecule has 0 amide bonds. The van der Waals surface area contributed by atoms with E-state index >= 15 is 0 Å². The number of nitrogens with two attached hydrogens (primary N) is 1. The van der Waals surface area contributed by atoms with E-state index in [1.165, 1.54) is 0 Å². The topological polar surface area (TPSA) is 99.9 Å². The zero-order chi connectivity index (χ0) is 21.4. The summed E-state index contributed by atoms with van der Waals surface area (Å²) in [6.45, 7) is 11.6. The van der Waals surface area contributed by atoms with Gasteiger partial charge in [-0.2, -0.15) is 0 Å². The fraction of sp³-hybridized carbons (Fsp3) is 0.619. The van der Waals surface area contributed by atoms with E-state index in [0.717, 1.165) is 5.56 Å². The summed E-state index contributed by atoms with van der Waals surface area (Å²) in [5.41, 5.74) is 5.13. The van der Waals surface area contributed by atoms with Gasteiger partial charge in [0.2, 0.25) is 0 Å². The molecular weight excluding hydrogens is 360 g/mol. The van der Waals surface area contributed by atoms with Gasteiger partial charge in [0, 0.05) is 6.54 Å². The fourth-order valence-corrected chi connectivity index (χ4v) is 2.33. The average molecular weight is 395 g/mol. The van der Waals surface area contributed by atoms with E-state index in [-0.39, 0.29) is 6.54 Å². The van der Waals surface area contributed by atoms with Gasteiger partial charge in [-0.1, -0.05) is 12.1 Å². The van der Waals surface area contributed by atoms with Crippen LogP contribution >= 0.6 is 0 Å². The van der Waals surface area contributed by atoms with Crippen molar-refractivity contribution in [3.63, 3.8) is 0 Å². The summed E-state index contributed by atoms with van der Waals surface area (Å²) in [4.78, 5) is 24.6. The first-order valence-corrected chi connectivity index (χ1v) is 9.49. The third-order valence-corrected chi connectivity index (χ3v) is 3.35. The number of hydrogen-bond donors (Lipinski definition) is 2. The molecular formula is C21H34N2O5. The third kappa shape index (κ3) is 10.3. The Morgan fingerprint density at radius 3 is 2.07 bits per heavy atom. The molecule has 0 bridgehead atoms. The summed E-state index contributed by atoms with van der Waals surface area (Å²) in [5, 5.41) is 2.96. The van der Waals surface area contributed by atoms with Crippen LogP contribution in [0.3, 0.4) is 0 Å². The molecule has 1 aromatic carbocycles. The van der Waals surface area contributed by atoms with Crippen molar-refractivity contribution in [3.05, 3.63) is 29.8 Å². The Kier molecular flexibility index (Phi) is 8.91. The number of ether oxygens (including phenoxy) is 3. The number of carbonyl (C=O) groups is 2. The molecule has 0 saturated heterocycles. The molecule has 0 spiro atoms. The summed E-state index contributed by atoms with van der Waals surface area (Å²) in [5.74, 6) is -0.129. The van der Waals surface area contributed by atoms with Crippen molar-refractivity contribution in [2.75, 3.05) is 19.7 Å². The van der Waals surface area contributed by atoms with E-state index in [1.54, 1.807) is 41.5 Å². The van der Waals surface area contributed by atoms with Gasteiger partial charge in [-0.15, -0.1) is 0 Å². The molecule has 0 aromatic heterocycles. The van der Waals surface area contributed by atoms with Gasteiger partial charge in [0.25, 0.3) is 0 Å². The molecule has 0 fully saturated rings. The first kappa shape index (κ1) is 23.9. The first-order chi connectivity index (χ1) is 12.9. The number of rotatable bonds is 9. The van der Waals surface area contributed by atoms with Crippen molar-refractivity contribution >= 4 is 11.9 Å². The highest BCUT2D eigenvalue weighted by atomic mass is 16.6. The summed E-state index contributed by atoms with van der Waals surface area (Å²) in [6, 6.07) is 6.72. The lowest BCUT2D eigenvalue weighted by Crippen LogP contribution is -2.45. The molecule has 28 heavy (non-hydrogen) atoms. The number of esters is 2. The molecule has 0 radical (unpaired) electrons. The van der Waals surface area contributed by atoms with Crippen LogP contribution in [0, 0.1) is 0 Å². The number of benzene rings is 1. The van der Waals surface area contributed by atoms with Crippen molar-refractivity contribution in [3.8, 4) is 5.75 Å². The Morgan fingerprint density at radius 1 is 1.00 bits per heavy atom. The van der Waals surface area contributed by atoms with Gasteiger partial charge in [0.1, 0.15) is 29.6 Å². The van der Waals surface area contributed by atoms with Gasteiger partial charge in [0.05, 0.1) is 6.54 Å². The molecule has 7 heteroatoms. The predicted octanol–water partition coefficient (Wildman–Crippen LogP) is 2.21. The summed E-state index contributed by atoms with van der Waals surface area (Å²) >= 11 is 0. The smallest absolute Gasteiger partial charge is 0.324 e. The molecule has 1 rings (SSSR count). The highest BCUT2D eigenvalue weighted by molar-refractivity contribution is 5.78. The van der Waals surface area contributed by atoms with E-state index < -0.39 is 29.2 Å². The van der Waals surface area contributed by atoms with Crippen LogP contribution in [0.15, 0.2) is 24.3 Å². The molecule has 1 unspecified atom stereocenters. The van der Waals surface area contributed by atoms with Crippen molar-refractivity contribution in [2.45, 2.75) is 65.2 Å². The summed E-state index contributed by atoms with van der Waals surface area (Å²) in [7, 11) is 0. The van der Waals surface area contributed by atoms with Gasteiger partial charge in [0.15, 0.2) is 0 Å². The second-order valence-electron chi connectivity index (χ2n) is 8.54. The number of carbonyl (C=O) groups excluding carboxylic acids is 2. The van der Waals surface area contributed by atoms with Crippen LogP contribution in [0.25, 0.3) is 0 Å². The highest BCUT2D eigenvalue weighted by Gasteiger charge is 2.26. The van der Waals surface area contributed by atoms with Crippen LogP contribution in [0.1, 0.15) is 47.1 Å². The van der Waals surface area contributed by atoms with E-state index in [1.807, 2.05) is 24.3 Å². The molecule has 0 saturated carbocycles. The fourth-order valence-electron chi connectivity index (χ4n) is 2.33. The maximum atomic E-state index is 12.6. The zero-order valence-electron chi connectivity index (χ0n) is 17.8. The molecule has 0 aliphatic heterocycles. The number of nitrogens with one attached hydrogen (secondary N) is 1. The van der Waals surface area contributed by atoms with Crippen molar-refractivity contribution in [1.29, 1.82) is 0 Å². The molecule has 3 N–H and O–H groups in total. The van der Waals surface area contributed by atoms with Gasteiger partial charge in [-0.25, -0.2) is 0 Å². The molecule has 1 atom stereocenters. The predicted molar refractivity (Wildman–Crippen MR) is 108 cm³/mol. The monoisotopic (exact) mass is 394 g/mol. The molecule has 0 heterocycles. The normalized spacial score (nSPS) is 13.0. The number of hydrogen-bond acceptors (Lipinski definition) is 7.